The van der Waals surface area contributed by atoms with Gasteiger partial charge >= 0.3 is 0 Å². The first-order valence-electron chi connectivity index (χ1n) is 9.98. The van der Waals surface area contributed by atoms with Crippen molar-refractivity contribution in [1.29, 1.82) is 0 Å². The molecule has 0 unspecified atom stereocenters. The Labute approximate surface area is 176 Å². The number of anilines is 2. The molecular weight excluding hydrogens is 388 g/mol. The van der Waals surface area contributed by atoms with Crippen LogP contribution in [-0.4, -0.2) is 60.5 Å². The van der Waals surface area contributed by atoms with Crippen molar-refractivity contribution in [2.75, 3.05) is 39.1 Å². The Bertz CT molecular complexity index is 746. The smallest absolute Gasteiger partial charge is 0.218 e. The topological polar surface area (TPSA) is 113 Å². The van der Waals surface area contributed by atoms with Crippen molar-refractivity contribution in [1.82, 2.24) is 19.9 Å². The van der Waals surface area contributed by atoms with Gasteiger partial charge in [-0.3, -0.25) is 0 Å². The van der Waals surface area contributed by atoms with E-state index in [0.29, 0.717) is 48.7 Å². The van der Waals surface area contributed by atoms with Gasteiger partial charge < -0.3 is 29.6 Å². The Hall–Kier alpha value is -2.72. The van der Waals surface area contributed by atoms with Crippen LogP contribution in [0, 0.1) is 0 Å². The predicted molar refractivity (Wildman–Crippen MR) is 112 cm³/mol. The molecule has 2 heterocycles. The fourth-order valence-electron chi connectivity index (χ4n) is 3.49. The predicted octanol–water partition coefficient (Wildman–Crippen LogP) is 2.41. The minimum absolute atomic E-state index is 0.335. The molecule has 2 N–H and O–H groups in total. The Balaban J connectivity index is 1.56. The molecule has 3 rings (SSSR count). The number of methoxy groups -OCH3 is 4. The SMILES string of the molecule is COCc1nc(NC2CCC(Nc3cc(OC)nc(COC)n3)CC2)cc(OC)n1. The molecule has 0 aliphatic heterocycles. The van der Waals surface area contributed by atoms with E-state index in [1.165, 1.54) is 0 Å². The van der Waals surface area contributed by atoms with Crippen LogP contribution in [0.1, 0.15) is 37.3 Å². The van der Waals surface area contributed by atoms with Crippen molar-refractivity contribution in [2.24, 2.45) is 0 Å². The minimum atomic E-state index is 0.335. The third-order valence-electron chi connectivity index (χ3n) is 4.89. The maximum Gasteiger partial charge on any atom is 0.218 e. The van der Waals surface area contributed by atoms with Gasteiger partial charge in [0.2, 0.25) is 11.8 Å². The molecule has 0 spiro atoms. The van der Waals surface area contributed by atoms with Crippen molar-refractivity contribution >= 4 is 11.6 Å². The highest BCUT2D eigenvalue weighted by Crippen LogP contribution is 2.26. The van der Waals surface area contributed by atoms with Gasteiger partial charge in [-0.1, -0.05) is 0 Å². The van der Waals surface area contributed by atoms with Gasteiger partial charge in [0.05, 0.1) is 14.2 Å². The Morgan fingerprint density at radius 3 is 1.43 bits per heavy atom. The molecule has 0 atom stereocenters. The average molecular weight is 418 g/mol. The van der Waals surface area contributed by atoms with Crippen molar-refractivity contribution in [3.05, 3.63) is 23.8 Å². The highest BCUT2D eigenvalue weighted by atomic mass is 16.5. The van der Waals surface area contributed by atoms with Crippen LogP contribution in [0.4, 0.5) is 11.6 Å². The van der Waals surface area contributed by atoms with Gasteiger partial charge in [-0.05, 0) is 25.7 Å². The molecule has 0 radical (unpaired) electrons. The zero-order valence-electron chi connectivity index (χ0n) is 18.0. The monoisotopic (exact) mass is 418 g/mol. The summed E-state index contributed by atoms with van der Waals surface area (Å²) >= 11 is 0. The molecule has 164 valence electrons. The molecule has 2 aromatic rings. The molecular formula is C20H30N6O4. The van der Waals surface area contributed by atoms with E-state index in [4.69, 9.17) is 18.9 Å². The summed E-state index contributed by atoms with van der Waals surface area (Å²) in [6.07, 6.45) is 4.04. The van der Waals surface area contributed by atoms with Crippen LogP contribution in [0.2, 0.25) is 0 Å². The van der Waals surface area contributed by atoms with Gasteiger partial charge in [0.1, 0.15) is 24.8 Å². The second-order valence-corrected chi connectivity index (χ2v) is 7.13. The molecule has 0 amide bonds. The summed E-state index contributed by atoms with van der Waals surface area (Å²) in [5, 5.41) is 7.01. The minimum Gasteiger partial charge on any atom is -0.481 e. The lowest BCUT2D eigenvalue weighted by molar-refractivity contribution is 0.177. The van der Waals surface area contributed by atoms with E-state index in [-0.39, 0.29) is 0 Å². The van der Waals surface area contributed by atoms with Crippen LogP contribution in [-0.2, 0) is 22.7 Å². The van der Waals surface area contributed by atoms with E-state index in [1.807, 2.05) is 12.1 Å². The Morgan fingerprint density at radius 1 is 0.700 bits per heavy atom. The van der Waals surface area contributed by atoms with E-state index in [0.717, 1.165) is 37.3 Å². The van der Waals surface area contributed by atoms with Crippen LogP contribution in [0.15, 0.2) is 12.1 Å². The number of nitrogens with zero attached hydrogens (tertiary/aromatic N) is 4. The summed E-state index contributed by atoms with van der Waals surface area (Å²) in [6, 6.07) is 4.30. The van der Waals surface area contributed by atoms with Crippen LogP contribution in [0.5, 0.6) is 11.8 Å². The van der Waals surface area contributed by atoms with E-state index < -0.39 is 0 Å². The first-order valence-corrected chi connectivity index (χ1v) is 9.98. The second kappa shape index (κ2) is 10.9. The second-order valence-electron chi connectivity index (χ2n) is 7.13. The molecule has 10 nitrogen and oxygen atoms in total. The Morgan fingerprint density at radius 2 is 1.10 bits per heavy atom. The normalized spacial score (nSPS) is 18.7. The van der Waals surface area contributed by atoms with E-state index in [1.54, 1.807) is 28.4 Å². The first-order chi connectivity index (χ1) is 14.6. The number of nitrogens with one attached hydrogen (secondary N) is 2. The molecule has 1 fully saturated rings. The molecule has 1 aliphatic carbocycles. The largest absolute Gasteiger partial charge is 0.481 e. The quantitative estimate of drug-likeness (QED) is 0.596. The lowest BCUT2D eigenvalue weighted by atomic mass is 9.91. The third-order valence-corrected chi connectivity index (χ3v) is 4.89. The van der Waals surface area contributed by atoms with Gasteiger partial charge in [0.25, 0.3) is 0 Å². The maximum absolute atomic E-state index is 5.27. The molecule has 0 saturated heterocycles. The van der Waals surface area contributed by atoms with Crippen molar-refractivity contribution in [3.63, 3.8) is 0 Å². The number of rotatable bonds is 10. The standard InChI is InChI=1S/C20H30N6O4/c1-27-11-17-23-15(9-19(25-17)29-3)21-13-5-7-14(8-6-13)22-16-10-20(30-4)26-18(24-16)12-28-2/h9-10,13-14H,5-8,11-12H2,1-4H3,(H,21,23,25)(H,22,24,26). The van der Waals surface area contributed by atoms with Crippen LogP contribution in [0.3, 0.4) is 0 Å². The lowest BCUT2D eigenvalue weighted by Crippen LogP contribution is -2.33. The third kappa shape index (κ3) is 6.14. The summed E-state index contributed by atoms with van der Waals surface area (Å²) in [5.41, 5.74) is 0. The summed E-state index contributed by atoms with van der Waals surface area (Å²) in [7, 11) is 6.44. The van der Waals surface area contributed by atoms with Gasteiger partial charge in [0.15, 0.2) is 11.6 Å². The van der Waals surface area contributed by atoms with E-state index in [9.17, 15) is 0 Å². The summed E-state index contributed by atoms with van der Waals surface area (Å²) in [5.74, 6) is 3.77. The number of ether oxygens (including phenoxy) is 4. The van der Waals surface area contributed by atoms with Crippen molar-refractivity contribution in [3.8, 4) is 11.8 Å². The van der Waals surface area contributed by atoms with Gasteiger partial charge in [-0.15, -0.1) is 0 Å². The molecule has 0 aromatic carbocycles. The molecule has 10 heteroatoms. The zero-order valence-corrected chi connectivity index (χ0v) is 18.0. The van der Waals surface area contributed by atoms with Crippen LogP contribution in [0.25, 0.3) is 0 Å². The van der Waals surface area contributed by atoms with E-state index in [2.05, 4.69) is 30.6 Å². The summed E-state index contributed by atoms with van der Waals surface area (Å²) in [4.78, 5) is 17.6. The highest BCUT2D eigenvalue weighted by molar-refractivity contribution is 5.41. The van der Waals surface area contributed by atoms with E-state index >= 15 is 0 Å². The zero-order chi connectivity index (χ0) is 21.3. The van der Waals surface area contributed by atoms with Gasteiger partial charge in [-0.25, -0.2) is 9.97 Å². The fourth-order valence-corrected chi connectivity index (χ4v) is 3.49. The van der Waals surface area contributed by atoms with Crippen molar-refractivity contribution < 1.29 is 18.9 Å². The number of hydrogen-bond donors (Lipinski definition) is 2. The Kier molecular flexibility index (Phi) is 7.97. The average Bonchev–Trinajstić information content (AvgIpc) is 2.75. The number of hydrogen-bond acceptors (Lipinski definition) is 10. The molecule has 2 aromatic heterocycles. The number of aromatic nitrogens is 4. The first kappa shape index (κ1) is 22.0. The summed E-state index contributed by atoms with van der Waals surface area (Å²) in [6.45, 7) is 0.686. The fraction of sp³-hybridized carbons (Fsp3) is 0.600. The van der Waals surface area contributed by atoms with Crippen LogP contribution >= 0.6 is 0 Å². The molecule has 0 bridgehead atoms. The maximum atomic E-state index is 5.27. The highest BCUT2D eigenvalue weighted by Gasteiger charge is 2.22. The van der Waals surface area contributed by atoms with Gasteiger partial charge in [0, 0.05) is 38.4 Å². The molecule has 30 heavy (non-hydrogen) atoms. The molecule has 1 aliphatic rings. The van der Waals surface area contributed by atoms with Crippen LogP contribution < -0.4 is 20.1 Å². The van der Waals surface area contributed by atoms with Crippen molar-refractivity contribution in [2.45, 2.75) is 51.0 Å². The lowest BCUT2D eigenvalue weighted by Gasteiger charge is -2.30. The van der Waals surface area contributed by atoms with Gasteiger partial charge in [-0.2, -0.15) is 9.97 Å². The molecule has 1 saturated carbocycles. The summed E-state index contributed by atoms with van der Waals surface area (Å²) < 4.78 is 20.8.